The number of ketones is 1. The van der Waals surface area contributed by atoms with Crippen LogP contribution in [0.2, 0.25) is 5.02 Å². The van der Waals surface area contributed by atoms with E-state index in [-0.39, 0.29) is 11.7 Å². The maximum atomic E-state index is 12.4. The summed E-state index contributed by atoms with van der Waals surface area (Å²) in [7, 11) is 1.57. The first kappa shape index (κ1) is 12.4. The van der Waals surface area contributed by atoms with Crippen LogP contribution < -0.4 is 10.1 Å². The van der Waals surface area contributed by atoms with Crippen molar-refractivity contribution in [3.63, 3.8) is 0 Å². The van der Waals surface area contributed by atoms with Gasteiger partial charge in [-0.3, -0.25) is 4.79 Å². The molecule has 0 bridgehead atoms. The molecule has 92 valence electrons. The van der Waals surface area contributed by atoms with Crippen LogP contribution in [-0.2, 0) is 0 Å². The number of hydrogen-bond donors (Lipinski definition) is 1. The Balaban J connectivity index is 2.25. The van der Waals surface area contributed by atoms with Crippen molar-refractivity contribution in [2.24, 2.45) is 5.92 Å². The van der Waals surface area contributed by atoms with E-state index in [4.69, 9.17) is 16.3 Å². The molecule has 0 aromatic heterocycles. The van der Waals surface area contributed by atoms with Crippen LogP contribution in [0.3, 0.4) is 0 Å². The van der Waals surface area contributed by atoms with Crippen LogP contribution in [0.4, 0.5) is 0 Å². The van der Waals surface area contributed by atoms with Gasteiger partial charge in [-0.1, -0.05) is 11.6 Å². The predicted octanol–water partition coefficient (Wildman–Crippen LogP) is 2.53. The summed E-state index contributed by atoms with van der Waals surface area (Å²) in [6, 6.07) is 5.18. The Bertz CT molecular complexity index is 414. The molecule has 1 saturated heterocycles. The Morgan fingerprint density at radius 3 is 2.76 bits per heavy atom. The van der Waals surface area contributed by atoms with E-state index in [1.165, 1.54) is 0 Å². The molecule has 0 saturated carbocycles. The lowest BCUT2D eigenvalue weighted by molar-refractivity contribution is 0.0892. The van der Waals surface area contributed by atoms with Crippen LogP contribution in [0.25, 0.3) is 0 Å². The molecule has 0 aliphatic carbocycles. The van der Waals surface area contributed by atoms with Gasteiger partial charge in [0.1, 0.15) is 5.75 Å². The SMILES string of the molecule is COc1ccc(Cl)cc1C(=O)C1CCNCC1. The summed E-state index contributed by atoms with van der Waals surface area (Å²) in [5.41, 5.74) is 0.604. The second-order valence-corrected chi connectivity index (χ2v) is 4.67. The minimum atomic E-state index is 0.0867. The molecule has 4 heteroatoms. The molecule has 3 nitrogen and oxygen atoms in total. The molecule has 1 N–H and O–H groups in total. The van der Waals surface area contributed by atoms with Crippen LogP contribution >= 0.6 is 11.6 Å². The average molecular weight is 254 g/mol. The lowest BCUT2D eigenvalue weighted by Crippen LogP contribution is -2.32. The van der Waals surface area contributed by atoms with Gasteiger partial charge in [-0.05, 0) is 44.1 Å². The van der Waals surface area contributed by atoms with Gasteiger partial charge in [-0.2, -0.15) is 0 Å². The van der Waals surface area contributed by atoms with Crippen molar-refractivity contribution in [1.82, 2.24) is 5.32 Å². The highest BCUT2D eigenvalue weighted by Crippen LogP contribution is 2.27. The number of piperidine rings is 1. The molecule has 1 aromatic rings. The van der Waals surface area contributed by atoms with E-state index >= 15 is 0 Å². The molecule has 1 aromatic carbocycles. The third-order valence-electron chi connectivity index (χ3n) is 3.14. The van der Waals surface area contributed by atoms with Gasteiger partial charge in [0.05, 0.1) is 12.7 Å². The summed E-state index contributed by atoms with van der Waals surface area (Å²) in [6.45, 7) is 1.80. The van der Waals surface area contributed by atoms with Crippen LogP contribution in [0.1, 0.15) is 23.2 Å². The minimum absolute atomic E-state index is 0.0867. The van der Waals surface area contributed by atoms with Gasteiger partial charge < -0.3 is 10.1 Å². The van der Waals surface area contributed by atoms with E-state index in [1.807, 2.05) is 0 Å². The Morgan fingerprint density at radius 1 is 1.41 bits per heavy atom. The fourth-order valence-corrected chi connectivity index (χ4v) is 2.35. The van der Waals surface area contributed by atoms with Crippen LogP contribution in [0.15, 0.2) is 18.2 Å². The number of nitrogens with one attached hydrogen (secondary N) is 1. The predicted molar refractivity (Wildman–Crippen MR) is 67.9 cm³/mol. The first-order chi connectivity index (χ1) is 8.22. The first-order valence-electron chi connectivity index (χ1n) is 5.81. The molecule has 1 aliphatic rings. The largest absolute Gasteiger partial charge is 0.496 e. The normalized spacial score (nSPS) is 16.8. The molecule has 0 radical (unpaired) electrons. The van der Waals surface area contributed by atoms with Crippen molar-refractivity contribution in [1.29, 1.82) is 0 Å². The number of methoxy groups -OCH3 is 1. The Morgan fingerprint density at radius 2 is 2.12 bits per heavy atom. The lowest BCUT2D eigenvalue weighted by Gasteiger charge is -2.22. The summed E-state index contributed by atoms with van der Waals surface area (Å²) in [4.78, 5) is 12.4. The molecule has 0 amide bonds. The molecule has 1 aliphatic heterocycles. The molecular weight excluding hydrogens is 238 g/mol. The van der Waals surface area contributed by atoms with Crippen molar-refractivity contribution in [3.05, 3.63) is 28.8 Å². The average Bonchev–Trinajstić information content (AvgIpc) is 2.39. The third-order valence-corrected chi connectivity index (χ3v) is 3.37. The van der Waals surface area contributed by atoms with Crippen molar-refractivity contribution >= 4 is 17.4 Å². The highest BCUT2D eigenvalue weighted by atomic mass is 35.5. The number of carbonyl (C=O) groups excluding carboxylic acids is 1. The number of rotatable bonds is 3. The highest BCUT2D eigenvalue weighted by Gasteiger charge is 2.24. The summed E-state index contributed by atoms with van der Waals surface area (Å²) in [6.07, 6.45) is 1.77. The zero-order valence-electron chi connectivity index (χ0n) is 9.83. The number of Topliss-reactive ketones (excluding diaryl/α,β-unsaturated/α-hetero) is 1. The van der Waals surface area contributed by atoms with Crippen molar-refractivity contribution in [3.8, 4) is 5.75 Å². The van der Waals surface area contributed by atoms with Gasteiger partial charge in [0.2, 0.25) is 0 Å². The van der Waals surface area contributed by atoms with Gasteiger partial charge >= 0.3 is 0 Å². The quantitative estimate of drug-likeness (QED) is 0.842. The molecular formula is C13H16ClNO2. The second kappa shape index (κ2) is 5.52. The van der Waals surface area contributed by atoms with Gasteiger partial charge in [0.25, 0.3) is 0 Å². The van der Waals surface area contributed by atoms with E-state index in [1.54, 1.807) is 25.3 Å². The van der Waals surface area contributed by atoms with E-state index in [0.29, 0.717) is 16.3 Å². The van der Waals surface area contributed by atoms with E-state index < -0.39 is 0 Å². The van der Waals surface area contributed by atoms with Gasteiger partial charge in [0.15, 0.2) is 5.78 Å². The van der Waals surface area contributed by atoms with Crippen molar-refractivity contribution < 1.29 is 9.53 Å². The van der Waals surface area contributed by atoms with E-state index in [0.717, 1.165) is 25.9 Å². The molecule has 0 spiro atoms. The van der Waals surface area contributed by atoms with Gasteiger partial charge in [-0.25, -0.2) is 0 Å². The molecule has 17 heavy (non-hydrogen) atoms. The smallest absolute Gasteiger partial charge is 0.169 e. The first-order valence-corrected chi connectivity index (χ1v) is 6.18. The summed E-state index contributed by atoms with van der Waals surface area (Å²) in [5.74, 6) is 0.840. The van der Waals surface area contributed by atoms with Crippen LogP contribution in [0, 0.1) is 5.92 Å². The number of ether oxygens (including phenoxy) is 1. The van der Waals surface area contributed by atoms with Crippen molar-refractivity contribution in [2.45, 2.75) is 12.8 Å². The Hall–Kier alpha value is -1.06. The molecule has 2 rings (SSSR count). The molecule has 1 heterocycles. The Labute approximate surface area is 106 Å². The summed E-state index contributed by atoms with van der Waals surface area (Å²) in [5, 5.41) is 3.82. The fourth-order valence-electron chi connectivity index (χ4n) is 2.18. The van der Waals surface area contributed by atoms with Crippen LogP contribution in [-0.4, -0.2) is 26.0 Å². The third kappa shape index (κ3) is 2.79. The zero-order valence-corrected chi connectivity index (χ0v) is 10.6. The zero-order chi connectivity index (χ0) is 12.3. The number of carbonyl (C=O) groups is 1. The number of benzene rings is 1. The Kier molecular flexibility index (Phi) is 4.02. The number of halogens is 1. The highest BCUT2D eigenvalue weighted by molar-refractivity contribution is 6.31. The number of hydrogen-bond acceptors (Lipinski definition) is 3. The van der Waals surface area contributed by atoms with Gasteiger partial charge in [-0.15, -0.1) is 0 Å². The maximum Gasteiger partial charge on any atom is 0.169 e. The van der Waals surface area contributed by atoms with E-state index in [9.17, 15) is 4.79 Å². The molecule has 1 fully saturated rings. The summed E-state index contributed by atoms with van der Waals surface area (Å²) < 4.78 is 5.22. The van der Waals surface area contributed by atoms with Crippen LogP contribution in [0.5, 0.6) is 5.75 Å². The lowest BCUT2D eigenvalue weighted by atomic mass is 9.89. The standard InChI is InChI=1S/C13H16ClNO2/c1-17-12-3-2-10(14)8-11(12)13(16)9-4-6-15-7-5-9/h2-3,8-9,15H,4-7H2,1H3. The van der Waals surface area contributed by atoms with E-state index in [2.05, 4.69) is 5.32 Å². The molecule has 0 atom stereocenters. The second-order valence-electron chi connectivity index (χ2n) is 4.23. The minimum Gasteiger partial charge on any atom is -0.496 e. The monoisotopic (exact) mass is 253 g/mol. The fraction of sp³-hybridized carbons (Fsp3) is 0.462. The topological polar surface area (TPSA) is 38.3 Å². The maximum absolute atomic E-state index is 12.4. The van der Waals surface area contributed by atoms with Crippen molar-refractivity contribution in [2.75, 3.05) is 20.2 Å². The molecule has 0 unspecified atom stereocenters. The summed E-state index contributed by atoms with van der Waals surface area (Å²) >= 11 is 5.94. The van der Waals surface area contributed by atoms with Gasteiger partial charge in [0, 0.05) is 10.9 Å².